The van der Waals surface area contributed by atoms with Gasteiger partial charge in [0.1, 0.15) is 6.79 Å². The van der Waals surface area contributed by atoms with E-state index in [1.807, 2.05) is 31.2 Å². The SMILES string of the molecule is CCOCOCCOCc1ccc(C(C)(C)O)cc1. The van der Waals surface area contributed by atoms with Crippen molar-refractivity contribution in [3.8, 4) is 0 Å². The molecule has 1 aromatic rings. The minimum Gasteiger partial charge on any atom is -0.386 e. The van der Waals surface area contributed by atoms with Crippen molar-refractivity contribution in [2.45, 2.75) is 33.0 Å². The monoisotopic (exact) mass is 268 g/mol. The molecule has 0 atom stereocenters. The first-order valence-electron chi connectivity index (χ1n) is 6.59. The summed E-state index contributed by atoms with van der Waals surface area (Å²) < 4.78 is 15.7. The van der Waals surface area contributed by atoms with Crippen molar-refractivity contribution in [3.05, 3.63) is 35.4 Å². The molecular weight excluding hydrogens is 244 g/mol. The first-order valence-corrected chi connectivity index (χ1v) is 6.59. The van der Waals surface area contributed by atoms with Crippen LogP contribution in [-0.4, -0.2) is 31.7 Å². The summed E-state index contributed by atoms with van der Waals surface area (Å²) in [6.07, 6.45) is 0. The predicted octanol–water partition coefficient (Wildman–Crippen LogP) is 2.44. The Bertz CT molecular complexity index is 340. The van der Waals surface area contributed by atoms with Gasteiger partial charge < -0.3 is 19.3 Å². The van der Waals surface area contributed by atoms with Crippen molar-refractivity contribution in [2.24, 2.45) is 0 Å². The van der Waals surface area contributed by atoms with Crippen molar-refractivity contribution in [2.75, 3.05) is 26.6 Å². The van der Waals surface area contributed by atoms with Gasteiger partial charge in [-0.1, -0.05) is 24.3 Å². The van der Waals surface area contributed by atoms with E-state index in [-0.39, 0.29) is 0 Å². The summed E-state index contributed by atoms with van der Waals surface area (Å²) in [5.74, 6) is 0. The summed E-state index contributed by atoms with van der Waals surface area (Å²) in [4.78, 5) is 0. The van der Waals surface area contributed by atoms with Crippen LogP contribution in [0.5, 0.6) is 0 Å². The van der Waals surface area contributed by atoms with Crippen molar-refractivity contribution < 1.29 is 19.3 Å². The minimum absolute atomic E-state index is 0.320. The lowest BCUT2D eigenvalue weighted by Crippen LogP contribution is -2.15. The molecule has 0 unspecified atom stereocenters. The van der Waals surface area contributed by atoms with Crippen LogP contribution in [0, 0.1) is 0 Å². The smallest absolute Gasteiger partial charge is 0.146 e. The molecule has 0 aliphatic carbocycles. The summed E-state index contributed by atoms with van der Waals surface area (Å²) in [6.45, 7) is 8.07. The number of hydrogen-bond acceptors (Lipinski definition) is 4. The van der Waals surface area contributed by atoms with Crippen LogP contribution in [0.2, 0.25) is 0 Å². The quantitative estimate of drug-likeness (QED) is 0.552. The highest BCUT2D eigenvalue weighted by molar-refractivity contribution is 5.25. The minimum atomic E-state index is -0.799. The van der Waals surface area contributed by atoms with Crippen molar-refractivity contribution in [3.63, 3.8) is 0 Å². The second-order valence-electron chi connectivity index (χ2n) is 4.83. The third-order valence-electron chi connectivity index (χ3n) is 2.67. The molecule has 0 aromatic heterocycles. The van der Waals surface area contributed by atoms with Crippen LogP contribution in [-0.2, 0) is 26.4 Å². The average Bonchev–Trinajstić information content (AvgIpc) is 2.37. The third kappa shape index (κ3) is 6.68. The highest BCUT2D eigenvalue weighted by Crippen LogP contribution is 2.19. The highest BCUT2D eigenvalue weighted by Gasteiger charge is 2.14. The van der Waals surface area contributed by atoms with Crippen molar-refractivity contribution in [1.82, 2.24) is 0 Å². The second-order valence-corrected chi connectivity index (χ2v) is 4.83. The summed E-state index contributed by atoms with van der Waals surface area (Å²) in [7, 11) is 0. The van der Waals surface area contributed by atoms with E-state index >= 15 is 0 Å². The molecule has 1 aromatic carbocycles. The Morgan fingerprint density at radius 1 is 1.00 bits per heavy atom. The number of hydrogen-bond donors (Lipinski definition) is 1. The molecule has 19 heavy (non-hydrogen) atoms. The zero-order valence-corrected chi connectivity index (χ0v) is 12.0. The van der Waals surface area contributed by atoms with Gasteiger partial charge in [0.25, 0.3) is 0 Å². The van der Waals surface area contributed by atoms with Crippen LogP contribution in [0.3, 0.4) is 0 Å². The molecule has 1 rings (SSSR count). The average molecular weight is 268 g/mol. The van der Waals surface area contributed by atoms with E-state index < -0.39 is 5.60 Å². The van der Waals surface area contributed by atoms with Crippen LogP contribution in [0.4, 0.5) is 0 Å². The van der Waals surface area contributed by atoms with Gasteiger partial charge in [-0.25, -0.2) is 0 Å². The van der Waals surface area contributed by atoms with Crippen molar-refractivity contribution in [1.29, 1.82) is 0 Å². The summed E-state index contributed by atoms with van der Waals surface area (Å²) in [5.41, 5.74) is 1.18. The number of benzene rings is 1. The molecule has 0 fully saturated rings. The maximum Gasteiger partial charge on any atom is 0.146 e. The Balaban J connectivity index is 2.20. The Morgan fingerprint density at radius 2 is 1.63 bits per heavy atom. The van der Waals surface area contributed by atoms with E-state index in [9.17, 15) is 5.11 Å². The molecule has 4 heteroatoms. The van der Waals surface area contributed by atoms with Crippen LogP contribution in [0.15, 0.2) is 24.3 Å². The van der Waals surface area contributed by atoms with Crippen LogP contribution in [0.1, 0.15) is 31.9 Å². The van der Waals surface area contributed by atoms with Gasteiger partial charge >= 0.3 is 0 Å². The fourth-order valence-electron chi connectivity index (χ4n) is 1.52. The Kier molecular flexibility index (Phi) is 7.02. The molecule has 0 aliphatic rings. The Labute approximate surface area is 115 Å². The molecule has 0 amide bonds. The number of ether oxygens (including phenoxy) is 3. The fourth-order valence-corrected chi connectivity index (χ4v) is 1.52. The fraction of sp³-hybridized carbons (Fsp3) is 0.600. The third-order valence-corrected chi connectivity index (χ3v) is 2.67. The summed E-state index contributed by atoms with van der Waals surface area (Å²) in [6, 6.07) is 7.78. The van der Waals surface area contributed by atoms with E-state index in [0.717, 1.165) is 11.1 Å². The van der Waals surface area contributed by atoms with E-state index in [1.165, 1.54) is 0 Å². The Hall–Kier alpha value is -0.940. The van der Waals surface area contributed by atoms with E-state index in [1.54, 1.807) is 13.8 Å². The van der Waals surface area contributed by atoms with E-state index in [0.29, 0.717) is 33.2 Å². The molecule has 108 valence electrons. The lowest BCUT2D eigenvalue weighted by molar-refractivity contribution is -0.0672. The molecule has 4 nitrogen and oxygen atoms in total. The normalized spacial score (nSPS) is 11.8. The van der Waals surface area contributed by atoms with E-state index in [2.05, 4.69) is 0 Å². The molecule has 0 heterocycles. The van der Waals surface area contributed by atoms with Gasteiger partial charge in [-0.3, -0.25) is 0 Å². The lowest BCUT2D eigenvalue weighted by atomic mass is 9.97. The van der Waals surface area contributed by atoms with Crippen LogP contribution in [0.25, 0.3) is 0 Å². The number of rotatable bonds is 9. The van der Waals surface area contributed by atoms with Gasteiger partial charge in [0.05, 0.1) is 25.4 Å². The molecular formula is C15H24O4. The maximum atomic E-state index is 9.84. The number of aliphatic hydroxyl groups is 1. The lowest BCUT2D eigenvalue weighted by Gasteiger charge is -2.17. The first kappa shape index (κ1) is 16.1. The zero-order valence-electron chi connectivity index (χ0n) is 12.0. The van der Waals surface area contributed by atoms with Gasteiger partial charge in [0.15, 0.2) is 0 Å². The predicted molar refractivity (Wildman–Crippen MR) is 73.8 cm³/mol. The van der Waals surface area contributed by atoms with Crippen LogP contribution >= 0.6 is 0 Å². The van der Waals surface area contributed by atoms with Crippen LogP contribution < -0.4 is 0 Å². The summed E-state index contributed by atoms with van der Waals surface area (Å²) in [5, 5.41) is 9.84. The Morgan fingerprint density at radius 3 is 2.21 bits per heavy atom. The van der Waals surface area contributed by atoms with Gasteiger partial charge in [-0.05, 0) is 31.9 Å². The second kappa shape index (κ2) is 8.27. The molecule has 1 N–H and O–H groups in total. The van der Waals surface area contributed by atoms with Gasteiger partial charge in [0.2, 0.25) is 0 Å². The standard InChI is InChI=1S/C15H24O4/c1-4-17-12-19-10-9-18-11-13-5-7-14(8-6-13)15(2,3)16/h5-8,16H,4,9-12H2,1-3H3. The molecule has 0 bridgehead atoms. The topological polar surface area (TPSA) is 47.9 Å². The molecule has 0 spiro atoms. The van der Waals surface area contributed by atoms with Gasteiger partial charge in [0, 0.05) is 6.61 Å². The van der Waals surface area contributed by atoms with Crippen molar-refractivity contribution >= 4 is 0 Å². The molecule has 0 saturated carbocycles. The van der Waals surface area contributed by atoms with Gasteiger partial charge in [-0.15, -0.1) is 0 Å². The van der Waals surface area contributed by atoms with Gasteiger partial charge in [-0.2, -0.15) is 0 Å². The molecule has 0 aliphatic heterocycles. The first-order chi connectivity index (χ1) is 9.04. The molecule has 0 radical (unpaired) electrons. The highest BCUT2D eigenvalue weighted by atomic mass is 16.7. The largest absolute Gasteiger partial charge is 0.386 e. The van der Waals surface area contributed by atoms with E-state index in [4.69, 9.17) is 14.2 Å². The molecule has 0 saturated heterocycles. The summed E-state index contributed by atoms with van der Waals surface area (Å²) >= 11 is 0. The zero-order chi connectivity index (χ0) is 14.1. The maximum absolute atomic E-state index is 9.84.